The zero-order valence-electron chi connectivity index (χ0n) is 27.8. The number of hydrogen-bond donors (Lipinski definition) is 1. The van der Waals surface area contributed by atoms with Crippen molar-refractivity contribution in [1.82, 2.24) is 24.9 Å². The summed E-state index contributed by atoms with van der Waals surface area (Å²) in [5, 5.41) is 13.3. The molecule has 4 heterocycles. The number of hydrogen-bond acceptors (Lipinski definition) is 10. The minimum atomic E-state index is 0.0190. The van der Waals surface area contributed by atoms with Gasteiger partial charge in [-0.05, 0) is 75.0 Å². The SMILES string of the molecule is COc1ncc(-c2ccc(N(C(=O)CCc3ccccc3)C3CCC(Nc4ncc(C#N)c(N5CCCC(C)CC5)n4)CC3)nc2)cn1. The first kappa shape index (κ1) is 32.8. The highest BCUT2D eigenvalue weighted by Gasteiger charge is 2.31. The fraction of sp³-hybridized carbons (Fsp3) is 0.432. The van der Waals surface area contributed by atoms with Crippen LogP contribution in [0.25, 0.3) is 11.1 Å². The molecular formula is C37H43N9O2. The molecule has 1 aliphatic heterocycles. The fourth-order valence-corrected chi connectivity index (χ4v) is 6.70. The number of carbonyl (C=O) groups excluding carboxylic acids is 1. The van der Waals surface area contributed by atoms with E-state index in [4.69, 9.17) is 14.7 Å². The Morgan fingerprint density at radius 3 is 2.42 bits per heavy atom. The molecule has 1 N–H and O–H groups in total. The molecule has 0 spiro atoms. The van der Waals surface area contributed by atoms with E-state index in [-0.39, 0.29) is 18.0 Å². The fourth-order valence-electron chi connectivity index (χ4n) is 6.70. The zero-order valence-corrected chi connectivity index (χ0v) is 27.8. The number of methoxy groups -OCH3 is 1. The van der Waals surface area contributed by atoms with Crippen LogP contribution in [0.3, 0.4) is 0 Å². The third kappa shape index (κ3) is 8.05. The molecule has 3 aromatic heterocycles. The predicted octanol–water partition coefficient (Wildman–Crippen LogP) is 6.22. The lowest BCUT2D eigenvalue weighted by Gasteiger charge is -2.37. The second-order valence-corrected chi connectivity index (χ2v) is 12.8. The van der Waals surface area contributed by atoms with Gasteiger partial charge >= 0.3 is 6.01 Å². The Morgan fingerprint density at radius 2 is 1.71 bits per heavy atom. The van der Waals surface area contributed by atoms with Gasteiger partial charge in [0.25, 0.3) is 0 Å². The molecule has 1 aliphatic carbocycles. The standard InChI is InChI=1S/C37H43N9O2/c1-26-7-6-19-45(20-18-26)35-29(21-38)23-40-36(44-35)43-31-12-14-32(15-13-31)46(34(47)17-10-27-8-4-3-5-9-27)33-16-11-28(22-39-33)30-24-41-37(48-2)42-25-30/h3-5,8-9,11,16,22-26,31-32H,6-7,10,12-15,17-20H2,1-2H3,(H,40,43,44). The van der Waals surface area contributed by atoms with E-state index in [1.165, 1.54) is 13.5 Å². The maximum Gasteiger partial charge on any atom is 0.316 e. The van der Waals surface area contributed by atoms with Gasteiger partial charge in [0.1, 0.15) is 17.5 Å². The predicted molar refractivity (Wildman–Crippen MR) is 186 cm³/mol. The van der Waals surface area contributed by atoms with E-state index in [1.54, 1.807) is 24.8 Å². The van der Waals surface area contributed by atoms with Gasteiger partial charge in [0.15, 0.2) is 5.82 Å². The Balaban J connectivity index is 1.15. The Kier molecular flexibility index (Phi) is 10.7. The number of ether oxygens (including phenoxy) is 1. The average Bonchev–Trinajstić information content (AvgIpc) is 3.36. The second kappa shape index (κ2) is 15.7. The summed E-state index contributed by atoms with van der Waals surface area (Å²) in [5.74, 6) is 2.67. The van der Waals surface area contributed by atoms with Gasteiger partial charge in [-0.3, -0.25) is 9.69 Å². The number of carbonyl (C=O) groups is 1. The second-order valence-electron chi connectivity index (χ2n) is 12.8. The highest BCUT2D eigenvalue weighted by Crippen LogP contribution is 2.31. The molecule has 4 aromatic rings. The number of aryl methyl sites for hydroxylation is 1. The van der Waals surface area contributed by atoms with E-state index in [2.05, 4.69) is 50.3 Å². The van der Waals surface area contributed by atoms with Gasteiger partial charge in [-0.1, -0.05) is 37.3 Å². The van der Waals surface area contributed by atoms with Crippen LogP contribution in [0.1, 0.15) is 69.4 Å². The van der Waals surface area contributed by atoms with Crippen LogP contribution < -0.4 is 19.9 Å². The number of anilines is 3. The van der Waals surface area contributed by atoms with Crippen LogP contribution in [0.5, 0.6) is 6.01 Å². The number of nitriles is 1. The zero-order chi connectivity index (χ0) is 33.3. The van der Waals surface area contributed by atoms with Crippen molar-refractivity contribution < 1.29 is 9.53 Å². The van der Waals surface area contributed by atoms with Gasteiger partial charge in [0, 0.05) is 61.3 Å². The first-order chi connectivity index (χ1) is 23.5. The van der Waals surface area contributed by atoms with Crippen LogP contribution in [0.2, 0.25) is 0 Å². The van der Waals surface area contributed by atoms with E-state index >= 15 is 0 Å². The van der Waals surface area contributed by atoms with Crippen LogP contribution in [0.15, 0.2) is 67.3 Å². The third-order valence-electron chi connectivity index (χ3n) is 9.48. The molecule has 11 nitrogen and oxygen atoms in total. The number of benzene rings is 1. The van der Waals surface area contributed by atoms with E-state index in [0.29, 0.717) is 42.1 Å². The molecular weight excluding hydrogens is 602 g/mol. The van der Waals surface area contributed by atoms with Gasteiger partial charge in [-0.2, -0.15) is 10.2 Å². The molecule has 1 amide bonds. The number of amides is 1. The molecule has 1 atom stereocenters. The van der Waals surface area contributed by atoms with E-state index in [9.17, 15) is 10.1 Å². The smallest absolute Gasteiger partial charge is 0.316 e. The molecule has 2 aliphatic rings. The maximum atomic E-state index is 13.9. The van der Waals surface area contributed by atoms with Crippen molar-refractivity contribution in [1.29, 1.82) is 5.26 Å². The summed E-state index contributed by atoms with van der Waals surface area (Å²) in [4.78, 5) is 40.6. The van der Waals surface area contributed by atoms with E-state index in [1.807, 2.05) is 35.2 Å². The molecule has 11 heteroatoms. The summed E-state index contributed by atoms with van der Waals surface area (Å²) in [6.07, 6.45) is 14.6. The van der Waals surface area contributed by atoms with Crippen LogP contribution in [-0.2, 0) is 11.2 Å². The number of nitrogens with one attached hydrogen (secondary N) is 1. The molecule has 0 bridgehead atoms. The topological polar surface area (TPSA) is 133 Å². The lowest BCUT2D eigenvalue weighted by atomic mass is 9.89. The van der Waals surface area contributed by atoms with Gasteiger partial charge in [-0.15, -0.1) is 0 Å². The van der Waals surface area contributed by atoms with Crippen molar-refractivity contribution in [3.8, 4) is 23.2 Å². The highest BCUT2D eigenvalue weighted by atomic mass is 16.5. The minimum absolute atomic E-state index is 0.0190. The van der Waals surface area contributed by atoms with Crippen molar-refractivity contribution in [2.75, 3.05) is 35.3 Å². The largest absolute Gasteiger partial charge is 0.467 e. The summed E-state index contributed by atoms with van der Waals surface area (Å²) in [5.41, 5.74) is 3.34. The Morgan fingerprint density at radius 1 is 0.938 bits per heavy atom. The van der Waals surface area contributed by atoms with Crippen LogP contribution in [-0.4, -0.2) is 63.1 Å². The summed E-state index contributed by atoms with van der Waals surface area (Å²) in [7, 11) is 1.53. The van der Waals surface area contributed by atoms with Gasteiger partial charge in [0.2, 0.25) is 11.9 Å². The van der Waals surface area contributed by atoms with Crippen LogP contribution in [0, 0.1) is 17.2 Å². The van der Waals surface area contributed by atoms with E-state index in [0.717, 1.165) is 74.1 Å². The number of pyridine rings is 1. The summed E-state index contributed by atoms with van der Waals surface area (Å²) < 4.78 is 5.08. The number of rotatable bonds is 10. The Labute approximate surface area is 282 Å². The van der Waals surface area contributed by atoms with Crippen LogP contribution >= 0.6 is 0 Å². The number of nitrogens with zero attached hydrogens (tertiary/aromatic N) is 8. The monoisotopic (exact) mass is 645 g/mol. The van der Waals surface area contributed by atoms with Gasteiger partial charge < -0.3 is 15.0 Å². The maximum absolute atomic E-state index is 13.9. The molecule has 248 valence electrons. The normalized spacial score (nSPS) is 19.5. The van der Waals surface area contributed by atoms with Crippen molar-refractivity contribution in [2.24, 2.45) is 5.92 Å². The highest BCUT2D eigenvalue weighted by molar-refractivity contribution is 5.93. The van der Waals surface area contributed by atoms with Gasteiger partial charge in [-0.25, -0.2) is 19.9 Å². The molecule has 0 radical (unpaired) electrons. The lowest BCUT2D eigenvalue weighted by molar-refractivity contribution is -0.119. The lowest BCUT2D eigenvalue weighted by Crippen LogP contribution is -2.45. The molecule has 1 unspecified atom stereocenters. The minimum Gasteiger partial charge on any atom is -0.467 e. The van der Waals surface area contributed by atoms with Gasteiger partial charge in [0.05, 0.1) is 13.3 Å². The first-order valence-corrected chi connectivity index (χ1v) is 17.0. The van der Waals surface area contributed by atoms with Crippen LogP contribution in [0.4, 0.5) is 17.6 Å². The number of aromatic nitrogens is 5. The first-order valence-electron chi connectivity index (χ1n) is 17.0. The molecule has 6 rings (SSSR count). The molecule has 48 heavy (non-hydrogen) atoms. The third-order valence-corrected chi connectivity index (χ3v) is 9.48. The van der Waals surface area contributed by atoms with Crippen molar-refractivity contribution in [2.45, 2.75) is 76.8 Å². The molecule has 1 saturated heterocycles. The van der Waals surface area contributed by atoms with Crippen molar-refractivity contribution >= 4 is 23.5 Å². The molecule has 1 aromatic carbocycles. The summed E-state index contributed by atoms with van der Waals surface area (Å²) in [6.45, 7) is 4.09. The summed E-state index contributed by atoms with van der Waals surface area (Å²) in [6, 6.07) is 16.8. The Hall–Kier alpha value is -5.11. The molecule has 1 saturated carbocycles. The van der Waals surface area contributed by atoms with Crippen molar-refractivity contribution in [3.05, 3.63) is 78.4 Å². The quantitative estimate of drug-likeness (QED) is 0.212. The van der Waals surface area contributed by atoms with Crippen molar-refractivity contribution in [3.63, 3.8) is 0 Å². The Bertz CT molecular complexity index is 1690. The average molecular weight is 646 g/mol. The molecule has 2 fully saturated rings. The van der Waals surface area contributed by atoms with E-state index < -0.39 is 0 Å². The summed E-state index contributed by atoms with van der Waals surface area (Å²) >= 11 is 0.